The second-order valence-corrected chi connectivity index (χ2v) is 3.26. The molecule has 14 heavy (non-hydrogen) atoms. The average Bonchev–Trinajstić information content (AvgIpc) is 2.56. The van der Waals surface area contributed by atoms with E-state index in [0.717, 1.165) is 0 Å². The molecule has 72 valence electrons. The smallest absolute Gasteiger partial charge is 0.208 e. The Hall–Kier alpha value is -1.68. The minimum absolute atomic E-state index is 0.00140. The average molecular weight is 210 g/mol. The minimum atomic E-state index is -0.00140. The fourth-order valence-corrected chi connectivity index (χ4v) is 1.38. The van der Waals surface area contributed by atoms with Crippen molar-refractivity contribution in [2.24, 2.45) is 0 Å². The topological polar surface area (TPSA) is 74.9 Å². The maximum absolute atomic E-state index is 9.08. The number of hydrogen-bond acceptors (Lipinski definition) is 3. The van der Waals surface area contributed by atoms with Crippen molar-refractivity contribution in [1.82, 2.24) is 9.97 Å². The maximum Gasteiger partial charge on any atom is 0.208 e. The van der Waals surface area contributed by atoms with E-state index in [2.05, 4.69) is 9.97 Å². The Balaban J connectivity index is 2.55. The van der Waals surface area contributed by atoms with E-state index in [4.69, 9.17) is 22.4 Å². The summed E-state index contributed by atoms with van der Waals surface area (Å²) in [5, 5.41) is 9.62. The summed E-state index contributed by atoms with van der Waals surface area (Å²) in [4.78, 5) is 6.61. The Morgan fingerprint density at radius 1 is 1.43 bits per heavy atom. The molecule has 0 aliphatic carbocycles. The summed E-state index contributed by atoms with van der Waals surface area (Å²) in [6.07, 6.45) is 1.31. The van der Waals surface area contributed by atoms with Crippen LogP contribution in [-0.4, -0.2) is 15.1 Å². The number of benzene rings is 1. The van der Waals surface area contributed by atoms with Crippen LogP contribution < -0.4 is 5.73 Å². The molecule has 1 aromatic heterocycles. The highest BCUT2D eigenvalue weighted by molar-refractivity contribution is 6.33. The maximum atomic E-state index is 9.08. The van der Waals surface area contributed by atoms with Crippen LogP contribution in [0.2, 0.25) is 5.02 Å². The van der Waals surface area contributed by atoms with Crippen molar-refractivity contribution in [1.29, 1.82) is 0 Å². The van der Waals surface area contributed by atoms with E-state index >= 15 is 0 Å². The molecular weight excluding hydrogens is 202 g/mol. The molecule has 0 aliphatic rings. The van der Waals surface area contributed by atoms with Crippen molar-refractivity contribution in [3.05, 3.63) is 29.4 Å². The third-order valence-electron chi connectivity index (χ3n) is 1.81. The highest BCUT2D eigenvalue weighted by Gasteiger charge is 2.07. The van der Waals surface area contributed by atoms with Crippen LogP contribution in [0, 0.1) is 0 Å². The molecule has 2 rings (SSSR count). The Morgan fingerprint density at radius 3 is 2.86 bits per heavy atom. The Labute approximate surface area is 85.4 Å². The lowest BCUT2D eigenvalue weighted by atomic mass is 10.2. The first-order valence-corrected chi connectivity index (χ1v) is 4.34. The quantitative estimate of drug-likeness (QED) is 0.629. The first kappa shape index (κ1) is 8.90. The molecule has 0 spiro atoms. The molecule has 1 aromatic carbocycles. The zero-order valence-corrected chi connectivity index (χ0v) is 7.92. The predicted molar refractivity (Wildman–Crippen MR) is 55.1 cm³/mol. The largest absolute Gasteiger partial charge is 0.493 e. The van der Waals surface area contributed by atoms with Crippen LogP contribution in [0.4, 0.5) is 5.69 Å². The van der Waals surface area contributed by atoms with Gasteiger partial charge in [0.2, 0.25) is 5.88 Å². The van der Waals surface area contributed by atoms with Crippen LogP contribution in [0.15, 0.2) is 24.4 Å². The molecule has 0 saturated carbocycles. The summed E-state index contributed by atoms with van der Waals surface area (Å²) in [7, 11) is 0. The van der Waals surface area contributed by atoms with E-state index in [1.54, 1.807) is 18.2 Å². The number of nitrogens with one attached hydrogen (secondary N) is 1. The lowest BCUT2D eigenvalue weighted by Crippen LogP contribution is -1.87. The highest BCUT2D eigenvalue weighted by atomic mass is 35.5. The van der Waals surface area contributed by atoms with Gasteiger partial charge in [-0.1, -0.05) is 11.6 Å². The molecule has 0 atom stereocenters. The van der Waals surface area contributed by atoms with Gasteiger partial charge in [-0.3, -0.25) is 0 Å². The van der Waals surface area contributed by atoms with Crippen LogP contribution in [-0.2, 0) is 0 Å². The van der Waals surface area contributed by atoms with Gasteiger partial charge in [-0.05, 0) is 18.2 Å². The van der Waals surface area contributed by atoms with E-state index in [1.165, 1.54) is 6.20 Å². The number of rotatable bonds is 1. The number of aromatic hydroxyl groups is 1. The summed E-state index contributed by atoms with van der Waals surface area (Å²) >= 11 is 5.94. The molecule has 0 amide bonds. The summed E-state index contributed by atoms with van der Waals surface area (Å²) in [6, 6.07) is 5.08. The number of aromatic nitrogens is 2. The number of halogens is 1. The number of nitrogen functional groups attached to an aromatic ring is 1. The monoisotopic (exact) mass is 209 g/mol. The van der Waals surface area contributed by atoms with Crippen molar-refractivity contribution in [3.8, 4) is 17.3 Å². The zero-order valence-electron chi connectivity index (χ0n) is 7.16. The van der Waals surface area contributed by atoms with Crippen LogP contribution >= 0.6 is 11.6 Å². The van der Waals surface area contributed by atoms with Gasteiger partial charge < -0.3 is 15.8 Å². The molecule has 4 nitrogen and oxygen atoms in total. The predicted octanol–water partition coefficient (Wildman–Crippen LogP) is 2.02. The van der Waals surface area contributed by atoms with E-state index in [9.17, 15) is 0 Å². The van der Waals surface area contributed by atoms with Crippen molar-refractivity contribution >= 4 is 17.3 Å². The van der Waals surface area contributed by atoms with E-state index in [-0.39, 0.29) is 5.88 Å². The molecule has 5 heteroatoms. The molecule has 0 aliphatic heterocycles. The second kappa shape index (κ2) is 3.23. The Morgan fingerprint density at radius 2 is 2.21 bits per heavy atom. The van der Waals surface area contributed by atoms with Gasteiger partial charge in [0, 0.05) is 11.3 Å². The van der Waals surface area contributed by atoms with Crippen molar-refractivity contribution < 1.29 is 5.11 Å². The zero-order chi connectivity index (χ0) is 10.1. The summed E-state index contributed by atoms with van der Waals surface area (Å²) in [6.45, 7) is 0. The number of nitrogens with two attached hydrogens (primary N) is 1. The van der Waals surface area contributed by atoms with E-state index in [1.807, 2.05) is 0 Å². The lowest BCUT2D eigenvalue weighted by Gasteiger charge is -2.01. The van der Waals surface area contributed by atoms with E-state index in [0.29, 0.717) is 22.1 Å². The van der Waals surface area contributed by atoms with Crippen molar-refractivity contribution in [2.75, 3.05) is 5.73 Å². The minimum Gasteiger partial charge on any atom is -0.493 e. The molecule has 1 heterocycles. The molecule has 0 unspecified atom stereocenters. The van der Waals surface area contributed by atoms with Crippen molar-refractivity contribution in [3.63, 3.8) is 0 Å². The number of hydrogen-bond donors (Lipinski definition) is 3. The standard InChI is InChI=1S/C9H8ClN3O/c10-7-2-1-5(11)3-6(7)9-12-4-8(14)13-9/h1-4,14H,11H2,(H,12,13). The molecule has 2 aromatic rings. The SMILES string of the molecule is Nc1ccc(Cl)c(-c2ncc(O)[nH]2)c1. The van der Waals surface area contributed by atoms with Gasteiger partial charge in [-0.2, -0.15) is 0 Å². The van der Waals surface area contributed by atoms with Gasteiger partial charge in [0.05, 0.1) is 11.2 Å². The number of anilines is 1. The molecule has 0 bridgehead atoms. The highest BCUT2D eigenvalue weighted by Crippen LogP contribution is 2.28. The van der Waals surface area contributed by atoms with Gasteiger partial charge in [0.25, 0.3) is 0 Å². The normalized spacial score (nSPS) is 10.4. The third-order valence-corrected chi connectivity index (χ3v) is 2.14. The van der Waals surface area contributed by atoms with Gasteiger partial charge in [-0.25, -0.2) is 4.98 Å². The Bertz CT molecular complexity index is 467. The molecule has 0 saturated heterocycles. The molecule has 4 N–H and O–H groups in total. The summed E-state index contributed by atoms with van der Waals surface area (Å²) in [5.74, 6) is 0.498. The number of imidazole rings is 1. The second-order valence-electron chi connectivity index (χ2n) is 2.86. The van der Waals surface area contributed by atoms with Crippen LogP contribution in [0.5, 0.6) is 5.88 Å². The van der Waals surface area contributed by atoms with Crippen LogP contribution in [0.1, 0.15) is 0 Å². The van der Waals surface area contributed by atoms with Crippen LogP contribution in [0.3, 0.4) is 0 Å². The lowest BCUT2D eigenvalue weighted by molar-refractivity contribution is 0.457. The number of H-pyrrole nitrogens is 1. The van der Waals surface area contributed by atoms with Crippen molar-refractivity contribution in [2.45, 2.75) is 0 Å². The number of nitrogens with zero attached hydrogens (tertiary/aromatic N) is 1. The van der Waals surface area contributed by atoms with Crippen LogP contribution in [0.25, 0.3) is 11.4 Å². The fraction of sp³-hybridized carbons (Fsp3) is 0. The number of aromatic amines is 1. The summed E-state index contributed by atoms with van der Waals surface area (Å²) < 4.78 is 0. The van der Waals surface area contributed by atoms with Gasteiger partial charge in [-0.15, -0.1) is 0 Å². The van der Waals surface area contributed by atoms with E-state index < -0.39 is 0 Å². The Kier molecular flexibility index (Phi) is 2.05. The first-order valence-electron chi connectivity index (χ1n) is 3.96. The third kappa shape index (κ3) is 1.52. The molecule has 0 radical (unpaired) electrons. The molecular formula is C9H8ClN3O. The van der Waals surface area contributed by atoms with Gasteiger partial charge in [0.15, 0.2) is 0 Å². The van der Waals surface area contributed by atoms with Gasteiger partial charge in [0.1, 0.15) is 5.82 Å². The van der Waals surface area contributed by atoms with Gasteiger partial charge >= 0.3 is 0 Å². The summed E-state index contributed by atoms with van der Waals surface area (Å²) in [5.41, 5.74) is 6.88. The first-order chi connectivity index (χ1) is 6.66. The fourth-order valence-electron chi connectivity index (χ4n) is 1.17. The molecule has 0 fully saturated rings.